The van der Waals surface area contributed by atoms with Crippen molar-refractivity contribution in [3.8, 4) is 5.88 Å². The minimum absolute atomic E-state index is 0.399. The van der Waals surface area contributed by atoms with Crippen molar-refractivity contribution in [2.24, 2.45) is 0 Å². The zero-order valence-corrected chi connectivity index (χ0v) is 12.5. The third-order valence-corrected chi connectivity index (χ3v) is 4.68. The lowest BCUT2D eigenvalue weighted by molar-refractivity contribution is 0.216. The van der Waals surface area contributed by atoms with Crippen LogP contribution in [0.2, 0.25) is 0 Å². The second-order valence-corrected chi connectivity index (χ2v) is 6.51. The second-order valence-electron chi connectivity index (χ2n) is 3.57. The van der Waals surface area contributed by atoms with Crippen molar-refractivity contribution < 1.29 is 13.6 Å². The first-order valence-corrected chi connectivity index (χ1v) is 8.52. The number of aromatic nitrogens is 2. The highest BCUT2D eigenvalue weighted by Crippen LogP contribution is 2.50. The van der Waals surface area contributed by atoms with E-state index in [4.69, 9.17) is 25.4 Å². The van der Waals surface area contributed by atoms with Gasteiger partial charge in [0.05, 0.1) is 24.1 Å². The molecule has 2 rings (SSSR count). The van der Waals surface area contributed by atoms with Crippen LogP contribution < -0.4 is 4.52 Å². The Morgan fingerprint density at radius 3 is 2.47 bits per heavy atom. The highest BCUT2D eigenvalue weighted by Gasteiger charge is 2.23. The molecule has 0 saturated heterocycles. The Bertz CT molecular complexity index is 593. The molecular formula is C12H15N2O3PS. The smallest absolute Gasteiger partial charge is 0.381 e. The van der Waals surface area contributed by atoms with Gasteiger partial charge >= 0.3 is 6.72 Å². The maximum atomic E-state index is 5.73. The number of nitrogens with zero attached hydrogens (tertiary/aromatic N) is 2. The van der Waals surface area contributed by atoms with Crippen LogP contribution in [-0.2, 0) is 20.9 Å². The molecular weight excluding hydrogens is 283 g/mol. The monoisotopic (exact) mass is 298 g/mol. The molecule has 102 valence electrons. The van der Waals surface area contributed by atoms with Crippen LogP contribution in [0.1, 0.15) is 13.8 Å². The van der Waals surface area contributed by atoms with Gasteiger partial charge in [0.25, 0.3) is 0 Å². The molecule has 0 unspecified atom stereocenters. The lowest BCUT2D eigenvalue weighted by Gasteiger charge is -2.20. The van der Waals surface area contributed by atoms with Crippen LogP contribution in [0.3, 0.4) is 0 Å². The van der Waals surface area contributed by atoms with Gasteiger partial charge in [0, 0.05) is 11.8 Å². The van der Waals surface area contributed by atoms with Crippen LogP contribution in [0.15, 0.2) is 30.6 Å². The summed E-state index contributed by atoms with van der Waals surface area (Å²) in [5.41, 5.74) is 0.794. The first-order valence-electron chi connectivity index (χ1n) is 5.97. The van der Waals surface area contributed by atoms with Crippen molar-refractivity contribution in [1.29, 1.82) is 0 Å². The molecule has 0 aliphatic rings. The summed E-state index contributed by atoms with van der Waals surface area (Å²) in [5, 5.41) is 0.790. The van der Waals surface area contributed by atoms with E-state index >= 15 is 0 Å². The van der Waals surface area contributed by atoms with Crippen molar-refractivity contribution in [2.75, 3.05) is 13.2 Å². The Labute approximate surface area is 117 Å². The molecule has 0 aliphatic heterocycles. The first kappa shape index (κ1) is 14.3. The predicted molar refractivity (Wildman–Crippen MR) is 77.7 cm³/mol. The van der Waals surface area contributed by atoms with Crippen molar-refractivity contribution in [3.05, 3.63) is 30.6 Å². The number of hydrogen-bond acceptors (Lipinski definition) is 6. The summed E-state index contributed by atoms with van der Waals surface area (Å²) in [5.74, 6) is 0.399. The van der Waals surface area contributed by atoms with E-state index in [0.717, 1.165) is 10.9 Å². The molecule has 1 heterocycles. The van der Waals surface area contributed by atoms with Gasteiger partial charge in [-0.05, 0) is 26.0 Å². The molecule has 0 saturated carbocycles. The van der Waals surface area contributed by atoms with Gasteiger partial charge in [0.2, 0.25) is 5.88 Å². The molecule has 0 atom stereocenters. The minimum Gasteiger partial charge on any atom is -0.405 e. The highest BCUT2D eigenvalue weighted by atomic mass is 32.5. The summed E-state index contributed by atoms with van der Waals surface area (Å²) in [6, 6.07) is 7.56. The standard InChI is InChI=1S/C12H15N2O3PS/c1-3-15-18(19,16-4-2)17-12-10-7-5-6-8-11(10)13-9-14-12/h5-9H,3-4H2,1-2H3. The van der Waals surface area contributed by atoms with Crippen molar-refractivity contribution in [2.45, 2.75) is 13.8 Å². The molecule has 2 aromatic rings. The van der Waals surface area contributed by atoms with E-state index in [1.54, 1.807) is 0 Å². The predicted octanol–water partition coefficient (Wildman–Crippen LogP) is 3.31. The van der Waals surface area contributed by atoms with E-state index in [1.807, 2.05) is 38.1 Å². The van der Waals surface area contributed by atoms with E-state index in [-0.39, 0.29) is 0 Å². The van der Waals surface area contributed by atoms with Crippen LogP contribution in [0.5, 0.6) is 5.88 Å². The molecule has 1 aromatic carbocycles. The highest BCUT2D eigenvalue weighted by molar-refractivity contribution is 8.07. The quantitative estimate of drug-likeness (QED) is 0.763. The fourth-order valence-electron chi connectivity index (χ4n) is 1.56. The van der Waals surface area contributed by atoms with Gasteiger partial charge in [-0.1, -0.05) is 12.1 Å². The third-order valence-electron chi connectivity index (χ3n) is 2.28. The number of para-hydroxylation sites is 1. The molecule has 0 N–H and O–H groups in total. The van der Waals surface area contributed by atoms with Crippen molar-refractivity contribution >= 4 is 29.4 Å². The lowest BCUT2D eigenvalue weighted by atomic mass is 10.2. The zero-order valence-electron chi connectivity index (χ0n) is 10.8. The number of hydrogen-bond donors (Lipinski definition) is 0. The van der Waals surface area contributed by atoms with Crippen molar-refractivity contribution in [3.63, 3.8) is 0 Å². The molecule has 1 aromatic heterocycles. The van der Waals surface area contributed by atoms with Gasteiger partial charge < -0.3 is 4.52 Å². The summed E-state index contributed by atoms with van der Waals surface area (Å²) in [7, 11) is 0. The molecule has 5 nitrogen and oxygen atoms in total. The largest absolute Gasteiger partial charge is 0.405 e. The SMILES string of the molecule is CCOP(=S)(OCC)Oc1ncnc2ccccc12. The molecule has 0 fully saturated rings. The number of fused-ring (bicyclic) bond motifs is 1. The molecule has 7 heteroatoms. The summed E-state index contributed by atoms with van der Waals surface area (Å²) < 4.78 is 16.6. The summed E-state index contributed by atoms with van der Waals surface area (Å²) >= 11 is 5.33. The molecule has 19 heavy (non-hydrogen) atoms. The molecule has 0 bridgehead atoms. The van der Waals surface area contributed by atoms with E-state index in [1.165, 1.54) is 6.33 Å². The van der Waals surface area contributed by atoms with Gasteiger partial charge in [0.1, 0.15) is 6.33 Å². The molecule has 0 amide bonds. The molecule has 0 aliphatic carbocycles. The second kappa shape index (κ2) is 6.39. The van der Waals surface area contributed by atoms with Gasteiger partial charge in [-0.3, -0.25) is 9.05 Å². The van der Waals surface area contributed by atoms with Gasteiger partial charge in [-0.15, -0.1) is 0 Å². The zero-order chi connectivity index (χ0) is 13.7. The van der Waals surface area contributed by atoms with Gasteiger partial charge in [-0.2, -0.15) is 0 Å². The van der Waals surface area contributed by atoms with Crippen LogP contribution >= 0.6 is 6.72 Å². The van der Waals surface area contributed by atoms with Gasteiger partial charge in [-0.25, -0.2) is 9.97 Å². The van der Waals surface area contributed by atoms with E-state index in [2.05, 4.69) is 9.97 Å². The average Bonchev–Trinajstić information content (AvgIpc) is 2.39. The van der Waals surface area contributed by atoms with Crippen LogP contribution in [0.4, 0.5) is 0 Å². The van der Waals surface area contributed by atoms with Crippen LogP contribution in [0.25, 0.3) is 10.9 Å². The van der Waals surface area contributed by atoms with Crippen molar-refractivity contribution in [1.82, 2.24) is 9.97 Å². The average molecular weight is 298 g/mol. The summed E-state index contributed by atoms with van der Waals surface area (Å²) in [6.07, 6.45) is 1.44. The minimum atomic E-state index is -2.80. The maximum Gasteiger partial charge on any atom is 0.381 e. The lowest BCUT2D eigenvalue weighted by Crippen LogP contribution is -2.03. The van der Waals surface area contributed by atoms with Crippen LogP contribution in [0, 0.1) is 0 Å². The Balaban J connectivity index is 2.36. The summed E-state index contributed by atoms with van der Waals surface area (Å²) in [4.78, 5) is 8.29. The topological polar surface area (TPSA) is 53.5 Å². The summed E-state index contributed by atoms with van der Waals surface area (Å²) in [6.45, 7) is 1.76. The Hall–Kier alpha value is -1.07. The van der Waals surface area contributed by atoms with Gasteiger partial charge in [0.15, 0.2) is 0 Å². The number of rotatable bonds is 6. The first-order chi connectivity index (χ1) is 9.18. The maximum absolute atomic E-state index is 5.73. The van der Waals surface area contributed by atoms with Crippen LogP contribution in [-0.4, -0.2) is 23.2 Å². The van der Waals surface area contributed by atoms with E-state index in [0.29, 0.717) is 19.1 Å². The van der Waals surface area contributed by atoms with E-state index in [9.17, 15) is 0 Å². The Morgan fingerprint density at radius 2 is 1.79 bits per heavy atom. The Kier molecular flexibility index (Phi) is 4.82. The Morgan fingerprint density at radius 1 is 1.11 bits per heavy atom. The fraction of sp³-hybridized carbons (Fsp3) is 0.333. The number of benzene rings is 1. The fourth-order valence-corrected chi connectivity index (χ4v) is 3.58. The molecule has 0 spiro atoms. The molecule has 0 radical (unpaired) electrons. The third kappa shape index (κ3) is 3.48. The van der Waals surface area contributed by atoms with E-state index < -0.39 is 6.72 Å². The normalized spacial score (nSPS) is 11.7.